The van der Waals surface area contributed by atoms with E-state index in [2.05, 4.69) is 35.2 Å². The van der Waals surface area contributed by atoms with Crippen LogP contribution in [0.4, 0.5) is 0 Å². The summed E-state index contributed by atoms with van der Waals surface area (Å²) in [5, 5.41) is 9.19. The first-order valence-corrected chi connectivity index (χ1v) is 7.75. The zero-order chi connectivity index (χ0) is 14.4. The van der Waals surface area contributed by atoms with Gasteiger partial charge in [0, 0.05) is 5.54 Å². The lowest BCUT2D eigenvalue weighted by molar-refractivity contribution is 0.146. The number of benzene rings is 1. The third-order valence-corrected chi connectivity index (χ3v) is 4.43. The highest BCUT2D eigenvalue weighted by atomic mass is 16.3. The number of piperidine rings is 1. The molecular formula is C17H28N2O. The van der Waals surface area contributed by atoms with Gasteiger partial charge in [-0.25, -0.2) is 0 Å². The summed E-state index contributed by atoms with van der Waals surface area (Å²) >= 11 is 0. The molecule has 1 atom stereocenters. The van der Waals surface area contributed by atoms with E-state index in [1.165, 1.54) is 37.9 Å². The van der Waals surface area contributed by atoms with E-state index in [-0.39, 0.29) is 6.61 Å². The lowest BCUT2D eigenvalue weighted by atomic mass is 9.90. The fraction of sp³-hybridized carbons (Fsp3) is 0.647. The summed E-state index contributed by atoms with van der Waals surface area (Å²) in [6.45, 7) is 5.33. The molecule has 0 aromatic heterocycles. The number of aliphatic hydroxyl groups is 1. The minimum absolute atomic E-state index is 0.0669. The van der Waals surface area contributed by atoms with Crippen molar-refractivity contribution in [3.8, 4) is 0 Å². The largest absolute Gasteiger partial charge is 0.394 e. The van der Waals surface area contributed by atoms with Crippen molar-refractivity contribution in [3.05, 3.63) is 35.9 Å². The van der Waals surface area contributed by atoms with E-state index in [4.69, 9.17) is 5.73 Å². The third kappa shape index (κ3) is 4.89. The van der Waals surface area contributed by atoms with Crippen LogP contribution in [0.5, 0.6) is 0 Å². The minimum atomic E-state index is -0.430. The van der Waals surface area contributed by atoms with Gasteiger partial charge in [0.25, 0.3) is 0 Å². The molecule has 3 N–H and O–H groups in total. The van der Waals surface area contributed by atoms with Crippen molar-refractivity contribution in [1.82, 2.24) is 4.90 Å². The van der Waals surface area contributed by atoms with Crippen LogP contribution >= 0.6 is 0 Å². The Morgan fingerprint density at radius 2 is 1.90 bits per heavy atom. The van der Waals surface area contributed by atoms with Gasteiger partial charge < -0.3 is 15.7 Å². The SMILES string of the molecule is CC(N)(CO)CCN1CCC(Cc2ccccc2)CC1. The Bertz CT molecular complexity index is 383. The summed E-state index contributed by atoms with van der Waals surface area (Å²) in [6.07, 6.45) is 4.62. The summed E-state index contributed by atoms with van der Waals surface area (Å²) in [4.78, 5) is 2.49. The van der Waals surface area contributed by atoms with Gasteiger partial charge in [0.05, 0.1) is 6.61 Å². The van der Waals surface area contributed by atoms with E-state index in [1.807, 2.05) is 6.92 Å². The van der Waals surface area contributed by atoms with Crippen molar-refractivity contribution >= 4 is 0 Å². The van der Waals surface area contributed by atoms with Gasteiger partial charge in [0.2, 0.25) is 0 Å². The van der Waals surface area contributed by atoms with Gasteiger partial charge in [-0.3, -0.25) is 0 Å². The molecule has 1 saturated heterocycles. The van der Waals surface area contributed by atoms with E-state index in [1.54, 1.807) is 0 Å². The van der Waals surface area contributed by atoms with Crippen molar-refractivity contribution in [2.24, 2.45) is 11.7 Å². The number of nitrogens with zero attached hydrogens (tertiary/aromatic N) is 1. The van der Waals surface area contributed by atoms with Crippen molar-refractivity contribution in [2.45, 2.75) is 38.1 Å². The second-order valence-corrected chi connectivity index (χ2v) is 6.54. The fourth-order valence-electron chi connectivity index (χ4n) is 2.85. The monoisotopic (exact) mass is 276 g/mol. The fourth-order valence-corrected chi connectivity index (χ4v) is 2.85. The molecule has 1 heterocycles. The van der Waals surface area contributed by atoms with Crippen LogP contribution in [0.1, 0.15) is 31.7 Å². The first kappa shape index (κ1) is 15.5. The van der Waals surface area contributed by atoms with Crippen LogP contribution in [0, 0.1) is 5.92 Å². The molecule has 0 saturated carbocycles. The second-order valence-electron chi connectivity index (χ2n) is 6.54. The van der Waals surface area contributed by atoms with Crippen molar-refractivity contribution in [3.63, 3.8) is 0 Å². The number of aliphatic hydroxyl groups excluding tert-OH is 1. The molecule has 1 aliphatic heterocycles. The van der Waals surface area contributed by atoms with Crippen molar-refractivity contribution in [1.29, 1.82) is 0 Å². The molecule has 0 spiro atoms. The maximum atomic E-state index is 9.19. The Kier molecular flexibility index (Phi) is 5.58. The first-order chi connectivity index (χ1) is 9.59. The summed E-state index contributed by atoms with van der Waals surface area (Å²) < 4.78 is 0. The number of rotatable bonds is 6. The number of hydrogen-bond donors (Lipinski definition) is 2. The Balaban J connectivity index is 1.70. The molecule has 1 unspecified atom stereocenters. The zero-order valence-corrected chi connectivity index (χ0v) is 12.6. The maximum absolute atomic E-state index is 9.19. The molecule has 0 aliphatic carbocycles. The summed E-state index contributed by atoms with van der Waals surface area (Å²) in [6, 6.07) is 10.8. The normalized spacial score (nSPS) is 20.8. The molecule has 0 radical (unpaired) electrons. The van der Waals surface area contributed by atoms with E-state index in [0.717, 1.165) is 18.9 Å². The van der Waals surface area contributed by atoms with Crippen molar-refractivity contribution < 1.29 is 5.11 Å². The van der Waals surface area contributed by atoms with Crippen LogP contribution in [0.25, 0.3) is 0 Å². The molecule has 1 aromatic carbocycles. The smallest absolute Gasteiger partial charge is 0.0608 e. The van der Waals surface area contributed by atoms with E-state index >= 15 is 0 Å². The lowest BCUT2D eigenvalue weighted by Crippen LogP contribution is -2.45. The molecule has 3 heteroatoms. The quantitative estimate of drug-likeness (QED) is 0.836. The maximum Gasteiger partial charge on any atom is 0.0608 e. The molecule has 112 valence electrons. The van der Waals surface area contributed by atoms with Crippen LogP contribution in [-0.2, 0) is 6.42 Å². The standard InChI is InChI=1S/C17H28N2O/c1-17(18,14-20)9-12-19-10-7-16(8-11-19)13-15-5-3-2-4-6-15/h2-6,16,20H,7-14,18H2,1H3. The van der Waals surface area contributed by atoms with Crippen LogP contribution in [0.3, 0.4) is 0 Å². The average Bonchev–Trinajstić information content (AvgIpc) is 2.48. The Morgan fingerprint density at radius 1 is 1.25 bits per heavy atom. The van der Waals surface area contributed by atoms with Gasteiger partial charge in [0.1, 0.15) is 0 Å². The Labute approximate surface area is 122 Å². The molecule has 3 nitrogen and oxygen atoms in total. The van der Waals surface area contributed by atoms with Gasteiger partial charge in [-0.1, -0.05) is 30.3 Å². The van der Waals surface area contributed by atoms with Gasteiger partial charge in [-0.05, 0) is 63.7 Å². The predicted molar refractivity (Wildman–Crippen MR) is 83.6 cm³/mol. The van der Waals surface area contributed by atoms with E-state index in [9.17, 15) is 5.11 Å². The number of likely N-dealkylation sites (tertiary alicyclic amines) is 1. The first-order valence-electron chi connectivity index (χ1n) is 7.75. The topological polar surface area (TPSA) is 49.5 Å². The molecule has 2 rings (SSSR count). The molecule has 0 amide bonds. The average molecular weight is 276 g/mol. The van der Waals surface area contributed by atoms with Crippen LogP contribution in [0.15, 0.2) is 30.3 Å². The second kappa shape index (κ2) is 7.21. The summed E-state index contributed by atoms with van der Waals surface area (Å²) in [5.41, 5.74) is 7.02. The predicted octanol–water partition coefficient (Wildman–Crippen LogP) is 2.04. The number of hydrogen-bond acceptors (Lipinski definition) is 3. The summed E-state index contributed by atoms with van der Waals surface area (Å²) in [5.74, 6) is 0.816. The third-order valence-electron chi connectivity index (χ3n) is 4.43. The van der Waals surface area contributed by atoms with Crippen LogP contribution in [0.2, 0.25) is 0 Å². The van der Waals surface area contributed by atoms with E-state index in [0.29, 0.717) is 0 Å². The summed E-state index contributed by atoms with van der Waals surface area (Å²) in [7, 11) is 0. The van der Waals surface area contributed by atoms with Gasteiger partial charge in [-0.15, -0.1) is 0 Å². The highest BCUT2D eigenvalue weighted by Gasteiger charge is 2.22. The van der Waals surface area contributed by atoms with E-state index < -0.39 is 5.54 Å². The van der Waals surface area contributed by atoms with Gasteiger partial charge in [-0.2, -0.15) is 0 Å². The van der Waals surface area contributed by atoms with Crippen molar-refractivity contribution in [2.75, 3.05) is 26.2 Å². The highest BCUT2D eigenvalue weighted by molar-refractivity contribution is 5.15. The molecular weight excluding hydrogens is 248 g/mol. The minimum Gasteiger partial charge on any atom is -0.394 e. The molecule has 1 fully saturated rings. The lowest BCUT2D eigenvalue weighted by Gasteiger charge is -2.34. The van der Waals surface area contributed by atoms with Crippen LogP contribution < -0.4 is 5.73 Å². The number of nitrogens with two attached hydrogens (primary N) is 1. The molecule has 1 aliphatic rings. The Morgan fingerprint density at radius 3 is 2.50 bits per heavy atom. The molecule has 1 aromatic rings. The van der Waals surface area contributed by atoms with Gasteiger partial charge >= 0.3 is 0 Å². The van der Waals surface area contributed by atoms with Crippen LogP contribution in [-0.4, -0.2) is 41.8 Å². The molecule has 0 bridgehead atoms. The highest BCUT2D eigenvalue weighted by Crippen LogP contribution is 2.22. The Hall–Kier alpha value is -0.900. The zero-order valence-electron chi connectivity index (χ0n) is 12.6. The van der Waals surface area contributed by atoms with Gasteiger partial charge in [0.15, 0.2) is 0 Å². The molecule has 20 heavy (non-hydrogen) atoms.